The van der Waals surface area contributed by atoms with Crippen molar-refractivity contribution in [3.8, 4) is 11.5 Å². The molecule has 0 aliphatic carbocycles. The minimum Gasteiger partial charge on any atom is -0.457 e. The fourth-order valence-corrected chi connectivity index (χ4v) is 3.65. The number of carbonyl (C=O) groups is 2. The Bertz CT molecular complexity index is 1340. The average Bonchev–Trinajstić information content (AvgIpc) is 3.46. The Morgan fingerprint density at radius 2 is 1.93 bits per heavy atom. The first-order valence-corrected chi connectivity index (χ1v) is 9.40. The van der Waals surface area contributed by atoms with E-state index >= 15 is 0 Å². The molecule has 148 valence electrons. The van der Waals surface area contributed by atoms with Crippen molar-refractivity contribution in [2.75, 3.05) is 0 Å². The van der Waals surface area contributed by atoms with Gasteiger partial charge in [0.1, 0.15) is 11.5 Å². The molecule has 30 heavy (non-hydrogen) atoms. The normalized spacial score (nSPS) is 14.2. The van der Waals surface area contributed by atoms with Crippen LogP contribution in [0.3, 0.4) is 0 Å². The summed E-state index contributed by atoms with van der Waals surface area (Å²) in [5, 5.41) is 1.03. The van der Waals surface area contributed by atoms with Crippen LogP contribution in [0.15, 0.2) is 71.2 Å². The summed E-state index contributed by atoms with van der Waals surface area (Å²) in [6.07, 6.45) is 5.11. The number of aryl methyl sites for hydroxylation is 1. The van der Waals surface area contributed by atoms with Crippen molar-refractivity contribution in [3.63, 3.8) is 0 Å². The predicted octanol–water partition coefficient (Wildman–Crippen LogP) is 4.92. The summed E-state index contributed by atoms with van der Waals surface area (Å²) in [6.45, 7) is 1.75. The van der Waals surface area contributed by atoms with Crippen molar-refractivity contribution in [1.82, 2.24) is 4.57 Å². The van der Waals surface area contributed by atoms with Crippen LogP contribution in [0.1, 0.15) is 32.0 Å². The van der Waals surface area contributed by atoms with Gasteiger partial charge in [-0.05, 0) is 43.3 Å². The number of fused-ring (bicyclic) bond motifs is 2. The number of esters is 1. The molecule has 0 saturated heterocycles. The van der Waals surface area contributed by atoms with Gasteiger partial charge in [-0.3, -0.25) is 4.79 Å². The van der Waals surface area contributed by atoms with Gasteiger partial charge >= 0.3 is 5.97 Å². The first kappa shape index (κ1) is 18.0. The number of ketones is 1. The molecule has 0 radical (unpaired) electrons. The second-order valence-electron chi connectivity index (χ2n) is 7.08. The molecule has 0 amide bonds. The molecule has 6 nitrogen and oxygen atoms in total. The number of carbonyl (C=O) groups excluding carboxylic acids is 2. The van der Waals surface area contributed by atoms with Crippen LogP contribution in [0, 0.1) is 6.92 Å². The largest absolute Gasteiger partial charge is 0.457 e. The van der Waals surface area contributed by atoms with E-state index in [1.165, 1.54) is 12.3 Å². The summed E-state index contributed by atoms with van der Waals surface area (Å²) >= 11 is 0. The summed E-state index contributed by atoms with van der Waals surface area (Å²) in [4.78, 5) is 25.1. The van der Waals surface area contributed by atoms with Gasteiger partial charge in [0.05, 0.1) is 11.8 Å². The Morgan fingerprint density at radius 3 is 2.73 bits per heavy atom. The van der Waals surface area contributed by atoms with Gasteiger partial charge in [-0.1, -0.05) is 18.2 Å². The number of rotatable bonds is 3. The quantitative estimate of drug-likeness (QED) is 0.278. The van der Waals surface area contributed by atoms with Gasteiger partial charge in [0, 0.05) is 35.3 Å². The molecule has 1 aliphatic heterocycles. The number of furan rings is 1. The van der Waals surface area contributed by atoms with Crippen LogP contribution < -0.4 is 9.47 Å². The lowest BCUT2D eigenvalue weighted by Crippen LogP contribution is -2.08. The van der Waals surface area contributed by atoms with Crippen molar-refractivity contribution in [3.05, 3.63) is 89.2 Å². The predicted molar refractivity (Wildman–Crippen MR) is 111 cm³/mol. The number of benzene rings is 2. The lowest BCUT2D eigenvalue weighted by molar-refractivity contribution is 0.0700. The standard InChI is InChI=1S/C24H17NO5/c1-14-19(30-24(27)20-8-5-11-28-20)10-9-17-22(26)21(29-23(14)17)12-15-13-25(2)18-7-4-3-6-16(15)18/h3-13H,1-2H3/b21-12+. The summed E-state index contributed by atoms with van der Waals surface area (Å²) in [7, 11) is 1.96. The number of para-hydroxylation sites is 1. The summed E-state index contributed by atoms with van der Waals surface area (Å²) in [6, 6.07) is 14.3. The van der Waals surface area contributed by atoms with Crippen LogP contribution in [0.2, 0.25) is 0 Å². The minimum absolute atomic E-state index is 0.100. The van der Waals surface area contributed by atoms with Crippen molar-refractivity contribution >= 4 is 28.7 Å². The number of ether oxygens (including phenoxy) is 2. The molecule has 1 aliphatic rings. The molecule has 0 atom stereocenters. The highest BCUT2D eigenvalue weighted by Gasteiger charge is 2.31. The van der Waals surface area contributed by atoms with E-state index in [1.807, 2.05) is 42.1 Å². The zero-order valence-electron chi connectivity index (χ0n) is 16.3. The fraction of sp³-hybridized carbons (Fsp3) is 0.0833. The van der Waals surface area contributed by atoms with Crippen LogP contribution in [-0.4, -0.2) is 16.3 Å². The van der Waals surface area contributed by atoms with E-state index in [1.54, 1.807) is 31.2 Å². The maximum atomic E-state index is 12.9. The molecule has 4 aromatic rings. The maximum Gasteiger partial charge on any atom is 0.379 e. The average molecular weight is 399 g/mol. The van der Waals surface area contributed by atoms with E-state index < -0.39 is 5.97 Å². The number of hydrogen-bond acceptors (Lipinski definition) is 5. The molecular formula is C24H17NO5. The number of hydrogen-bond donors (Lipinski definition) is 0. The third-order valence-electron chi connectivity index (χ3n) is 5.18. The minimum atomic E-state index is -0.612. The van der Waals surface area contributed by atoms with Crippen LogP contribution >= 0.6 is 0 Å². The molecule has 0 unspecified atom stereocenters. The SMILES string of the molecule is Cc1c(OC(=O)c2ccco2)ccc2c1O/C(=C/c1cn(C)c3ccccc13)C2=O. The second-order valence-corrected chi connectivity index (χ2v) is 7.08. The van der Waals surface area contributed by atoms with Crippen LogP contribution in [0.25, 0.3) is 17.0 Å². The van der Waals surface area contributed by atoms with E-state index in [2.05, 4.69) is 0 Å². The van der Waals surface area contributed by atoms with Gasteiger partial charge in [0.15, 0.2) is 5.76 Å². The Labute approximate surface area is 171 Å². The van der Waals surface area contributed by atoms with E-state index in [0.29, 0.717) is 22.6 Å². The van der Waals surface area contributed by atoms with Crippen LogP contribution in [0.4, 0.5) is 0 Å². The number of Topliss-reactive ketones (excluding diaryl/α,β-unsaturated/α-hetero) is 1. The Kier molecular flexibility index (Phi) is 4.06. The molecule has 5 rings (SSSR count). The molecule has 0 saturated carbocycles. The molecule has 6 heteroatoms. The zero-order valence-corrected chi connectivity index (χ0v) is 16.3. The third-order valence-corrected chi connectivity index (χ3v) is 5.18. The van der Waals surface area contributed by atoms with Crippen molar-refractivity contribution in [2.24, 2.45) is 7.05 Å². The summed E-state index contributed by atoms with van der Waals surface area (Å²) in [5.74, 6) is 0.233. The molecule has 0 spiro atoms. The van der Waals surface area contributed by atoms with Crippen molar-refractivity contribution < 1.29 is 23.5 Å². The Balaban J connectivity index is 1.49. The maximum absolute atomic E-state index is 12.9. The van der Waals surface area contributed by atoms with E-state index in [9.17, 15) is 9.59 Å². The Hall–Kier alpha value is -4.06. The van der Waals surface area contributed by atoms with E-state index in [-0.39, 0.29) is 17.3 Å². The van der Waals surface area contributed by atoms with Crippen LogP contribution in [0.5, 0.6) is 11.5 Å². The molecule has 0 bridgehead atoms. The van der Waals surface area contributed by atoms with Crippen molar-refractivity contribution in [1.29, 1.82) is 0 Å². The lowest BCUT2D eigenvalue weighted by Gasteiger charge is -2.09. The molecule has 2 aromatic carbocycles. The molecule has 0 fully saturated rings. The highest BCUT2D eigenvalue weighted by molar-refractivity contribution is 6.15. The first-order valence-electron chi connectivity index (χ1n) is 9.40. The highest BCUT2D eigenvalue weighted by Crippen LogP contribution is 2.40. The molecular weight excluding hydrogens is 382 g/mol. The van der Waals surface area contributed by atoms with E-state index in [0.717, 1.165) is 16.5 Å². The molecule has 3 heterocycles. The fourth-order valence-electron chi connectivity index (χ4n) is 3.65. The second kappa shape index (κ2) is 6.77. The van der Waals surface area contributed by atoms with Gasteiger partial charge in [-0.25, -0.2) is 4.79 Å². The monoisotopic (exact) mass is 399 g/mol. The topological polar surface area (TPSA) is 70.7 Å². The van der Waals surface area contributed by atoms with Crippen LogP contribution in [-0.2, 0) is 7.05 Å². The molecule has 2 aromatic heterocycles. The Morgan fingerprint density at radius 1 is 1.10 bits per heavy atom. The molecule has 0 N–H and O–H groups in total. The summed E-state index contributed by atoms with van der Waals surface area (Å²) in [5.41, 5.74) is 2.97. The zero-order chi connectivity index (χ0) is 20.8. The van der Waals surface area contributed by atoms with Gasteiger partial charge in [-0.2, -0.15) is 0 Å². The number of aromatic nitrogens is 1. The van der Waals surface area contributed by atoms with Gasteiger partial charge in [0.2, 0.25) is 11.5 Å². The number of nitrogens with zero attached hydrogens (tertiary/aromatic N) is 1. The van der Waals surface area contributed by atoms with E-state index in [4.69, 9.17) is 13.9 Å². The number of allylic oxidation sites excluding steroid dienone is 1. The van der Waals surface area contributed by atoms with Gasteiger partial charge < -0.3 is 18.5 Å². The van der Waals surface area contributed by atoms with Gasteiger partial charge in [0.25, 0.3) is 0 Å². The highest BCUT2D eigenvalue weighted by atomic mass is 16.5. The summed E-state index contributed by atoms with van der Waals surface area (Å²) < 4.78 is 18.4. The third kappa shape index (κ3) is 2.81. The lowest BCUT2D eigenvalue weighted by atomic mass is 10.1. The smallest absolute Gasteiger partial charge is 0.379 e. The van der Waals surface area contributed by atoms with Crippen molar-refractivity contribution in [2.45, 2.75) is 6.92 Å². The first-order chi connectivity index (χ1) is 14.5. The van der Waals surface area contributed by atoms with Gasteiger partial charge in [-0.15, -0.1) is 0 Å².